The molecule has 1 aromatic heterocycles. The zero-order valence-corrected chi connectivity index (χ0v) is 16.2. The van der Waals surface area contributed by atoms with Crippen LogP contribution < -0.4 is 4.90 Å². The summed E-state index contributed by atoms with van der Waals surface area (Å²) in [6.07, 6.45) is 0.734. The lowest BCUT2D eigenvalue weighted by Gasteiger charge is -2.46. The molecule has 1 unspecified atom stereocenters. The van der Waals surface area contributed by atoms with Crippen molar-refractivity contribution in [2.75, 3.05) is 38.1 Å². The minimum absolute atomic E-state index is 0.0748. The molecule has 0 radical (unpaired) electrons. The first-order valence-electron chi connectivity index (χ1n) is 9.30. The Labute approximate surface area is 162 Å². The van der Waals surface area contributed by atoms with Crippen LogP contribution in [0, 0.1) is 19.7 Å². The van der Waals surface area contributed by atoms with E-state index >= 15 is 0 Å². The number of benzene rings is 1. The molecule has 0 bridgehead atoms. The maximum absolute atomic E-state index is 13.7. The van der Waals surface area contributed by atoms with Crippen LogP contribution in [-0.4, -0.2) is 65.5 Å². The number of amides is 2. The molecule has 0 N–H and O–H groups in total. The van der Waals surface area contributed by atoms with Crippen molar-refractivity contribution in [2.24, 2.45) is 0 Å². The van der Waals surface area contributed by atoms with Crippen molar-refractivity contribution in [1.82, 2.24) is 15.0 Å². The molecular weight excluding hydrogens is 363 g/mol. The van der Waals surface area contributed by atoms with Crippen molar-refractivity contribution in [3.05, 3.63) is 47.1 Å². The highest BCUT2D eigenvalue weighted by molar-refractivity contribution is 5.97. The standard InChI is InChI=1S/C20H23FN4O3/c1-13-18(14(2)28-22-13)19(27)24-8-7-20(11-24)12-25(17(26)10-23(20)3)16-6-4-5-15(21)9-16/h4-6,9H,7-8,10-12H2,1-3H3. The van der Waals surface area contributed by atoms with Gasteiger partial charge in [-0.05, 0) is 45.5 Å². The molecule has 4 rings (SSSR count). The second kappa shape index (κ2) is 6.70. The van der Waals surface area contributed by atoms with E-state index in [0.717, 1.165) is 6.42 Å². The Morgan fingerprint density at radius 2 is 2.07 bits per heavy atom. The SMILES string of the molecule is Cc1noc(C)c1C(=O)N1CCC2(C1)CN(c1cccc(F)c1)C(=O)CN2C. The number of likely N-dealkylation sites (tertiary alicyclic amines) is 1. The molecule has 1 spiro atoms. The lowest BCUT2D eigenvalue weighted by Crippen LogP contribution is -2.64. The molecule has 1 atom stereocenters. The Morgan fingerprint density at radius 3 is 2.75 bits per heavy atom. The van der Waals surface area contributed by atoms with Gasteiger partial charge in [-0.2, -0.15) is 0 Å². The van der Waals surface area contributed by atoms with Crippen LogP contribution in [0.1, 0.15) is 28.2 Å². The van der Waals surface area contributed by atoms with Crippen LogP contribution in [0.15, 0.2) is 28.8 Å². The van der Waals surface area contributed by atoms with Crippen LogP contribution in [0.2, 0.25) is 0 Å². The zero-order chi connectivity index (χ0) is 20.1. The van der Waals surface area contributed by atoms with Crippen molar-refractivity contribution in [2.45, 2.75) is 25.8 Å². The summed E-state index contributed by atoms with van der Waals surface area (Å²) in [7, 11) is 1.91. The molecule has 2 amide bonds. The molecule has 2 aromatic rings. The largest absolute Gasteiger partial charge is 0.361 e. The Morgan fingerprint density at radius 1 is 1.29 bits per heavy atom. The summed E-state index contributed by atoms with van der Waals surface area (Å²) in [5.74, 6) is -0.0399. The fourth-order valence-corrected chi connectivity index (χ4v) is 4.26. The first-order valence-corrected chi connectivity index (χ1v) is 9.30. The van der Waals surface area contributed by atoms with Gasteiger partial charge >= 0.3 is 0 Å². The number of aryl methyl sites for hydroxylation is 2. The van der Waals surface area contributed by atoms with Gasteiger partial charge < -0.3 is 14.3 Å². The van der Waals surface area contributed by atoms with Crippen molar-refractivity contribution in [3.8, 4) is 0 Å². The second-order valence-electron chi connectivity index (χ2n) is 7.72. The van der Waals surface area contributed by atoms with Crippen LogP contribution >= 0.6 is 0 Å². The van der Waals surface area contributed by atoms with Gasteiger partial charge in [-0.15, -0.1) is 0 Å². The first-order chi connectivity index (χ1) is 13.3. The number of carbonyl (C=O) groups is 2. The van der Waals surface area contributed by atoms with Gasteiger partial charge in [0.05, 0.1) is 17.8 Å². The Hall–Kier alpha value is -2.74. The highest BCUT2D eigenvalue weighted by Gasteiger charge is 2.49. The summed E-state index contributed by atoms with van der Waals surface area (Å²) in [4.78, 5) is 31.1. The van der Waals surface area contributed by atoms with Gasteiger partial charge in [0.25, 0.3) is 5.91 Å². The van der Waals surface area contributed by atoms with Gasteiger partial charge in [-0.25, -0.2) is 4.39 Å². The van der Waals surface area contributed by atoms with Gasteiger partial charge in [0.1, 0.15) is 17.1 Å². The minimum atomic E-state index is -0.375. The van der Waals surface area contributed by atoms with E-state index in [0.29, 0.717) is 42.3 Å². The third kappa shape index (κ3) is 2.97. The molecule has 0 saturated carbocycles. The van der Waals surface area contributed by atoms with E-state index in [1.54, 1.807) is 35.8 Å². The van der Waals surface area contributed by atoms with Gasteiger partial charge in [-0.1, -0.05) is 11.2 Å². The summed E-state index contributed by atoms with van der Waals surface area (Å²) in [5.41, 5.74) is 1.27. The normalized spacial score (nSPS) is 23.1. The molecule has 2 aliphatic rings. The van der Waals surface area contributed by atoms with E-state index in [1.165, 1.54) is 12.1 Å². The van der Waals surface area contributed by atoms with E-state index in [9.17, 15) is 14.0 Å². The van der Waals surface area contributed by atoms with E-state index in [4.69, 9.17) is 4.52 Å². The number of aromatic nitrogens is 1. The Kier molecular flexibility index (Phi) is 4.45. The fourth-order valence-electron chi connectivity index (χ4n) is 4.26. The molecule has 2 aliphatic heterocycles. The van der Waals surface area contributed by atoms with E-state index in [2.05, 4.69) is 5.16 Å². The first kappa shape index (κ1) is 18.6. The average Bonchev–Trinajstić information content (AvgIpc) is 3.22. The number of carbonyl (C=O) groups excluding carboxylic acids is 2. The van der Waals surface area contributed by atoms with Crippen LogP contribution in [0.4, 0.5) is 10.1 Å². The molecule has 2 fully saturated rings. The highest BCUT2D eigenvalue weighted by atomic mass is 19.1. The average molecular weight is 386 g/mol. The molecule has 8 heteroatoms. The number of anilines is 1. The van der Waals surface area contributed by atoms with E-state index < -0.39 is 0 Å². The smallest absolute Gasteiger partial charge is 0.259 e. The molecule has 2 saturated heterocycles. The Balaban J connectivity index is 1.59. The van der Waals surface area contributed by atoms with Crippen LogP contribution in [0.5, 0.6) is 0 Å². The van der Waals surface area contributed by atoms with Crippen molar-refractivity contribution in [3.63, 3.8) is 0 Å². The van der Waals surface area contributed by atoms with Gasteiger partial charge in [-0.3, -0.25) is 14.5 Å². The molecule has 1 aromatic carbocycles. The second-order valence-corrected chi connectivity index (χ2v) is 7.72. The number of hydrogen-bond donors (Lipinski definition) is 0. The van der Waals surface area contributed by atoms with Crippen molar-refractivity contribution < 1.29 is 18.5 Å². The van der Waals surface area contributed by atoms with Crippen LogP contribution in [0.25, 0.3) is 0 Å². The minimum Gasteiger partial charge on any atom is -0.361 e. The zero-order valence-electron chi connectivity index (χ0n) is 16.2. The van der Waals surface area contributed by atoms with E-state index in [-0.39, 0.29) is 29.7 Å². The van der Waals surface area contributed by atoms with Gasteiger partial charge in [0, 0.05) is 25.3 Å². The molecule has 7 nitrogen and oxygen atoms in total. The summed E-state index contributed by atoms with van der Waals surface area (Å²) < 4.78 is 18.8. The molecule has 0 aliphatic carbocycles. The summed E-state index contributed by atoms with van der Waals surface area (Å²) in [6.45, 7) is 5.20. The Bertz CT molecular complexity index is 924. The summed E-state index contributed by atoms with van der Waals surface area (Å²) in [6, 6.07) is 6.07. The monoisotopic (exact) mass is 386 g/mol. The third-order valence-corrected chi connectivity index (χ3v) is 5.92. The third-order valence-electron chi connectivity index (χ3n) is 5.92. The summed E-state index contributed by atoms with van der Waals surface area (Å²) in [5, 5.41) is 3.88. The topological polar surface area (TPSA) is 69.9 Å². The number of halogens is 1. The highest BCUT2D eigenvalue weighted by Crippen LogP contribution is 2.34. The van der Waals surface area contributed by atoms with Crippen LogP contribution in [0.3, 0.4) is 0 Å². The van der Waals surface area contributed by atoms with Crippen molar-refractivity contribution >= 4 is 17.5 Å². The molecule has 3 heterocycles. The fraction of sp³-hybridized carbons (Fsp3) is 0.450. The van der Waals surface area contributed by atoms with E-state index in [1.807, 2.05) is 11.9 Å². The maximum atomic E-state index is 13.7. The van der Waals surface area contributed by atoms with Crippen LogP contribution in [-0.2, 0) is 4.79 Å². The lowest BCUT2D eigenvalue weighted by atomic mass is 9.92. The number of rotatable bonds is 2. The van der Waals surface area contributed by atoms with Gasteiger partial charge in [0.15, 0.2) is 0 Å². The van der Waals surface area contributed by atoms with Gasteiger partial charge in [0.2, 0.25) is 5.91 Å². The predicted molar refractivity (Wildman–Crippen MR) is 101 cm³/mol. The number of nitrogens with zero attached hydrogens (tertiary/aromatic N) is 4. The predicted octanol–water partition coefficient (Wildman–Crippen LogP) is 1.99. The van der Waals surface area contributed by atoms with Crippen molar-refractivity contribution in [1.29, 1.82) is 0 Å². The molecule has 148 valence electrons. The quantitative estimate of drug-likeness (QED) is 0.790. The number of piperazine rings is 1. The number of likely N-dealkylation sites (N-methyl/N-ethyl adjacent to an activating group) is 1. The maximum Gasteiger partial charge on any atom is 0.259 e. The molecule has 28 heavy (non-hydrogen) atoms. The summed E-state index contributed by atoms with van der Waals surface area (Å²) >= 11 is 0. The lowest BCUT2D eigenvalue weighted by molar-refractivity contribution is -0.123. The number of hydrogen-bond acceptors (Lipinski definition) is 5. The molecular formula is C20H23FN4O3.